The van der Waals surface area contributed by atoms with Gasteiger partial charge in [0.05, 0.1) is 12.1 Å². The van der Waals surface area contributed by atoms with E-state index >= 15 is 0 Å². The Kier molecular flexibility index (Phi) is 7.00. The van der Waals surface area contributed by atoms with E-state index in [-0.39, 0.29) is 5.91 Å². The number of aromatic nitrogens is 1. The van der Waals surface area contributed by atoms with Crippen LogP contribution in [-0.4, -0.2) is 73.6 Å². The summed E-state index contributed by atoms with van der Waals surface area (Å²) in [7, 11) is 1.88. The largest absolute Gasteiger partial charge is 0.492 e. The van der Waals surface area contributed by atoms with Crippen molar-refractivity contribution >= 4 is 28.6 Å². The van der Waals surface area contributed by atoms with Crippen molar-refractivity contribution in [2.75, 3.05) is 57.8 Å². The number of benzene rings is 2. The molecule has 2 saturated heterocycles. The summed E-state index contributed by atoms with van der Waals surface area (Å²) in [5.74, 6) is 1.10. The molecule has 2 aliphatic heterocycles. The number of hydrogen-bond donors (Lipinski definition) is 0. The van der Waals surface area contributed by atoms with Gasteiger partial charge in [-0.05, 0) is 61.7 Å². The number of ether oxygens (including phenoxy) is 1. The number of pyridine rings is 1. The lowest BCUT2D eigenvalue weighted by molar-refractivity contribution is -0.129. The molecule has 0 unspecified atom stereocenters. The van der Waals surface area contributed by atoms with E-state index in [0.717, 1.165) is 73.6 Å². The van der Waals surface area contributed by atoms with Gasteiger partial charge in [-0.25, -0.2) is 0 Å². The van der Waals surface area contributed by atoms with E-state index in [1.807, 2.05) is 38.2 Å². The summed E-state index contributed by atoms with van der Waals surface area (Å²) >= 11 is 0. The van der Waals surface area contributed by atoms with Crippen LogP contribution in [0.5, 0.6) is 5.75 Å². The number of likely N-dealkylation sites (tertiary alicyclic amines) is 1. The van der Waals surface area contributed by atoms with Gasteiger partial charge in [-0.2, -0.15) is 0 Å². The Morgan fingerprint density at radius 1 is 1.00 bits per heavy atom. The van der Waals surface area contributed by atoms with Gasteiger partial charge in [-0.1, -0.05) is 29.8 Å². The van der Waals surface area contributed by atoms with Crippen LogP contribution in [0, 0.1) is 6.92 Å². The average Bonchev–Trinajstić information content (AvgIpc) is 2.87. The molecule has 0 N–H and O–H groups in total. The number of rotatable bonds is 6. The molecule has 6 nitrogen and oxygen atoms in total. The van der Waals surface area contributed by atoms with Crippen molar-refractivity contribution in [3.05, 3.63) is 71.4 Å². The molecule has 35 heavy (non-hydrogen) atoms. The summed E-state index contributed by atoms with van der Waals surface area (Å²) in [5, 5.41) is 1.07. The number of piperidine rings is 1. The SMILES string of the molecule is Cc1ccc2c(OCCN3CCC(=Cc4cccc(N5CCN(C)C(=O)C5)c4)CC3)cccc2n1. The van der Waals surface area contributed by atoms with Gasteiger partial charge >= 0.3 is 0 Å². The number of nitrogens with zero attached hydrogens (tertiary/aromatic N) is 4. The molecule has 0 spiro atoms. The molecule has 0 aliphatic carbocycles. The van der Waals surface area contributed by atoms with Crippen molar-refractivity contribution in [3.63, 3.8) is 0 Å². The minimum atomic E-state index is 0.184. The van der Waals surface area contributed by atoms with Gasteiger partial charge in [0.25, 0.3) is 0 Å². The molecular weight excluding hydrogens is 436 g/mol. The Bertz CT molecular complexity index is 1230. The van der Waals surface area contributed by atoms with E-state index in [2.05, 4.69) is 51.2 Å². The molecule has 1 amide bonds. The number of fused-ring (bicyclic) bond motifs is 1. The third kappa shape index (κ3) is 5.65. The molecule has 3 heterocycles. The first kappa shape index (κ1) is 23.4. The zero-order chi connectivity index (χ0) is 24.2. The number of piperazine rings is 1. The van der Waals surface area contributed by atoms with E-state index < -0.39 is 0 Å². The predicted octanol–water partition coefficient (Wildman–Crippen LogP) is 4.38. The first-order chi connectivity index (χ1) is 17.0. The van der Waals surface area contributed by atoms with Gasteiger partial charge in [-0.15, -0.1) is 0 Å². The fourth-order valence-electron chi connectivity index (χ4n) is 4.87. The number of carbonyl (C=O) groups excluding carboxylic acids is 1. The highest BCUT2D eigenvalue weighted by molar-refractivity contribution is 5.85. The molecule has 0 atom stereocenters. The molecular formula is C29H34N4O2. The molecule has 5 rings (SSSR count). The van der Waals surface area contributed by atoms with E-state index in [1.54, 1.807) is 4.90 Å². The molecule has 0 radical (unpaired) electrons. The maximum Gasteiger partial charge on any atom is 0.241 e. The lowest BCUT2D eigenvalue weighted by atomic mass is 10.0. The Balaban J connectivity index is 1.13. The summed E-state index contributed by atoms with van der Waals surface area (Å²) in [6.45, 7) is 7.85. The van der Waals surface area contributed by atoms with E-state index in [1.165, 1.54) is 11.1 Å². The quantitative estimate of drug-likeness (QED) is 0.535. The molecule has 1 aromatic heterocycles. The second kappa shape index (κ2) is 10.5. The van der Waals surface area contributed by atoms with Crippen molar-refractivity contribution in [1.82, 2.24) is 14.8 Å². The number of likely N-dealkylation sites (N-methyl/N-ethyl adjacent to an activating group) is 1. The maximum absolute atomic E-state index is 12.1. The van der Waals surface area contributed by atoms with Gasteiger partial charge in [0.15, 0.2) is 0 Å². The summed E-state index contributed by atoms with van der Waals surface area (Å²) in [4.78, 5) is 23.2. The van der Waals surface area contributed by atoms with Crippen LogP contribution in [-0.2, 0) is 4.79 Å². The van der Waals surface area contributed by atoms with Gasteiger partial charge in [-0.3, -0.25) is 14.7 Å². The van der Waals surface area contributed by atoms with Crippen molar-refractivity contribution < 1.29 is 9.53 Å². The highest BCUT2D eigenvalue weighted by Gasteiger charge is 2.21. The van der Waals surface area contributed by atoms with Crippen molar-refractivity contribution in [2.45, 2.75) is 19.8 Å². The smallest absolute Gasteiger partial charge is 0.241 e. The molecule has 182 valence electrons. The molecule has 2 aliphatic rings. The van der Waals surface area contributed by atoms with Crippen molar-refractivity contribution in [1.29, 1.82) is 0 Å². The van der Waals surface area contributed by atoms with Crippen LogP contribution >= 0.6 is 0 Å². The van der Waals surface area contributed by atoms with E-state index in [4.69, 9.17) is 4.74 Å². The van der Waals surface area contributed by atoms with Crippen LogP contribution in [0.4, 0.5) is 5.69 Å². The van der Waals surface area contributed by atoms with Crippen LogP contribution in [0.2, 0.25) is 0 Å². The third-order valence-electron chi connectivity index (χ3n) is 7.06. The second-order valence-electron chi connectivity index (χ2n) is 9.60. The maximum atomic E-state index is 12.1. The third-order valence-corrected chi connectivity index (χ3v) is 7.06. The summed E-state index contributed by atoms with van der Waals surface area (Å²) in [6.07, 6.45) is 4.49. The fraction of sp³-hybridized carbons (Fsp3) is 0.379. The summed E-state index contributed by atoms with van der Waals surface area (Å²) in [6, 6.07) is 18.8. The molecule has 3 aromatic rings. The second-order valence-corrected chi connectivity index (χ2v) is 9.60. The zero-order valence-corrected chi connectivity index (χ0v) is 20.7. The average molecular weight is 471 g/mol. The van der Waals surface area contributed by atoms with Crippen LogP contribution in [0.1, 0.15) is 24.1 Å². The van der Waals surface area contributed by atoms with Crippen molar-refractivity contribution in [3.8, 4) is 5.75 Å². The Hall–Kier alpha value is -3.38. The van der Waals surface area contributed by atoms with Crippen molar-refractivity contribution in [2.24, 2.45) is 0 Å². The molecule has 2 aromatic carbocycles. The molecule has 0 saturated carbocycles. The Morgan fingerprint density at radius 2 is 1.83 bits per heavy atom. The number of hydrogen-bond acceptors (Lipinski definition) is 5. The van der Waals surface area contributed by atoms with E-state index in [9.17, 15) is 4.79 Å². The van der Waals surface area contributed by atoms with Gasteiger partial charge < -0.3 is 14.5 Å². The highest BCUT2D eigenvalue weighted by Crippen LogP contribution is 2.26. The van der Waals surface area contributed by atoms with E-state index in [0.29, 0.717) is 13.2 Å². The monoisotopic (exact) mass is 470 g/mol. The topological polar surface area (TPSA) is 48.9 Å². The highest BCUT2D eigenvalue weighted by atomic mass is 16.5. The van der Waals surface area contributed by atoms with Crippen LogP contribution in [0.3, 0.4) is 0 Å². The number of anilines is 1. The summed E-state index contributed by atoms with van der Waals surface area (Å²) < 4.78 is 6.14. The predicted molar refractivity (Wildman–Crippen MR) is 142 cm³/mol. The fourth-order valence-corrected chi connectivity index (χ4v) is 4.87. The first-order valence-electron chi connectivity index (χ1n) is 12.6. The Labute approximate surface area is 207 Å². The normalized spacial score (nSPS) is 17.2. The van der Waals surface area contributed by atoms with Crippen LogP contribution in [0.15, 0.2) is 60.2 Å². The minimum absolute atomic E-state index is 0.184. The minimum Gasteiger partial charge on any atom is -0.492 e. The molecule has 0 bridgehead atoms. The first-order valence-corrected chi connectivity index (χ1v) is 12.6. The van der Waals surface area contributed by atoms with Gasteiger partial charge in [0.1, 0.15) is 12.4 Å². The van der Waals surface area contributed by atoms with Crippen LogP contribution < -0.4 is 9.64 Å². The Morgan fingerprint density at radius 3 is 2.66 bits per heavy atom. The van der Waals surface area contributed by atoms with Gasteiger partial charge in [0, 0.05) is 56.5 Å². The molecule has 6 heteroatoms. The van der Waals surface area contributed by atoms with Gasteiger partial charge in [0.2, 0.25) is 5.91 Å². The summed E-state index contributed by atoms with van der Waals surface area (Å²) in [5.41, 5.74) is 5.85. The number of aryl methyl sites for hydroxylation is 1. The number of amides is 1. The standard InChI is InChI=1S/C29H34N4O2/c1-22-9-10-26-27(30-22)7-4-8-28(26)35-18-17-32-13-11-23(12-14-32)19-24-5-3-6-25(20-24)33-16-15-31(2)29(34)21-33/h3-10,19-20H,11-18,21H2,1-2H3. The number of carbonyl (C=O) groups is 1. The zero-order valence-electron chi connectivity index (χ0n) is 20.7. The van der Waals surface area contributed by atoms with Crippen LogP contribution in [0.25, 0.3) is 17.0 Å². The lowest BCUT2D eigenvalue weighted by Gasteiger charge is -2.33. The lowest BCUT2D eigenvalue weighted by Crippen LogP contribution is -2.48. The molecule has 2 fully saturated rings.